The predicted octanol–water partition coefficient (Wildman–Crippen LogP) is 5.16. The van der Waals surface area contributed by atoms with Gasteiger partial charge in [0.05, 0.1) is 6.04 Å². The first-order valence-electron chi connectivity index (χ1n) is 7.80. The Morgan fingerprint density at radius 3 is 2.29 bits per heavy atom. The average molecular weight is 302 g/mol. The SMILES string of the molecule is CCNC(c1ccc(CC)c(CC)c1)c1ccccc1Cl. The van der Waals surface area contributed by atoms with E-state index >= 15 is 0 Å². The van der Waals surface area contributed by atoms with Crippen molar-refractivity contribution in [2.24, 2.45) is 0 Å². The molecule has 0 aliphatic carbocycles. The number of hydrogen-bond acceptors (Lipinski definition) is 1. The Balaban J connectivity index is 2.46. The van der Waals surface area contributed by atoms with Gasteiger partial charge in [-0.1, -0.05) is 68.8 Å². The summed E-state index contributed by atoms with van der Waals surface area (Å²) >= 11 is 6.40. The molecule has 1 N–H and O–H groups in total. The lowest BCUT2D eigenvalue weighted by atomic mass is 9.93. The highest BCUT2D eigenvalue weighted by atomic mass is 35.5. The lowest BCUT2D eigenvalue weighted by molar-refractivity contribution is 0.630. The Hall–Kier alpha value is -1.31. The summed E-state index contributed by atoms with van der Waals surface area (Å²) < 4.78 is 0. The van der Waals surface area contributed by atoms with Crippen molar-refractivity contribution in [3.63, 3.8) is 0 Å². The topological polar surface area (TPSA) is 12.0 Å². The molecule has 0 heterocycles. The molecule has 0 saturated heterocycles. The van der Waals surface area contributed by atoms with Crippen molar-refractivity contribution in [2.45, 2.75) is 39.7 Å². The summed E-state index contributed by atoms with van der Waals surface area (Å²) in [5, 5.41) is 4.38. The van der Waals surface area contributed by atoms with Gasteiger partial charge in [-0.25, -0.2) is 0 Å². The second-order valence-corrected chi connectivity index (χ2v) is 5.65. The molecule has 1 nitrogen and oxygen atoms in total. The fraction of sp³-hybridized carbons (Fsp3) is 0.368. The summed E-state index contributed by atoms with van der Waals surface area (Å²) in [5.41, 5.74) is 5.31. The summed E-state index contributed by atoms with van der Waals surface area (Å²) in [6.07, 6.45) is 2.15. The number of rotatable bonds is 6. The van der Waals surface area contributed by atoms with Crippen LogP contribution in [0.15, 0.2) is 42.5 Å². The van der Waals surface area contributed by atoms with Crippen LogP contribution in [0.5, 0.6) is 0 Å². The molecule has 112 valence electrons. The smallest absolute Gasteiger partial charge is 0.0591 e. The molecule has 0 aliphatic rings. The molecule has 0 fully saturated rings. The van der Waals surface area contributed by atoms with Gasteiger partial charge < -0.3 is 5.32 Å². The Morgan fingerprint density at radius 1 is 0.952 bits per heavy atom. The predicted molar refractivity (Wildman–Crippen MR) is 92.2 cm³/mol. The van der Waals surface area contributed by atoms with Gasteiger partial charge in [-0.15, -0.1) is 0 Å². The number of halogens is 1. The zero-order valence-corrected chi connectivity index (χ0v) is 13.9. The molecular formula is C19H24ClN. The van der Waals surface area contributed by atoms with Crippen molar-refractivity contribution in [1.29, 1.82) is 0 Å². The fourth-order valence-electron chi connectivity index (χ4n) is 2.82. The maximum Gasteiger partial charge on any atom is 0.0591 e. The second-order valence-electron chi connectivity index (χ2n) is 5.25. The number of aryl methyl sites for hydroxylation is 2. The third-order valence-electron chi connectivity index (χ3n) is 3.95. The zero-order chi connectivity index (χ0) is 15.2. The molecule has 0 saturated carbocycles. The molecule has 2 rings (SSSR count). The number of benzene rings is 2. The molecule has 2 heteroatoms. The summed E-state index contributed by atoms with van der Waals surface area (Å²) in [7, 11) is 0. The van der Waals surface area contributed by atoms with E-state index < -0.39 is 0 Å². The van der Waals surface area contributed by atoms with Crippen LogP contribution >= 0.6 is 11.6 Å². The maximum atomic E-state index is 6.40. The Labute approximate surface area is 133 Å². The average Bonchev–Trinajstić information content (AvgIpc) is 2.53. The minimum absolute atomic E-state index is 0.153. The van der Waals surface area contributed by atoms with Crippen LogP contribution < -0.4 is 5.32 Å². The van der Waals surface area contributed by atoms with E-state index in [9.17, 15) is 0 Å². The van der Waals surface area contributed by atoms with Gasteiger partial charge in [-0.05, 0) is 47.7 Å². The normalized spacial score (nSPS) is 12.4. The van der Waals surface area contributed by atoms with Crippen molar-refractivity contribution < 1.29 is 0 Å². The van der Waals surface area contributed by atoms with Crippen LogP contribution in [0.2, 0.25) is 5.02 Å². The van der Waals surface area contributed by atoms with E-state index in [-0.39, 0.29) is 6.04 Å². The molecule has 21 heavy (non-hydrogen) atoms. The van der Waals surface area contributed by atoms with E-state index in [1.54, 1.807) is 0 Å². The lowest BCUT2D eigenvalue weighted by Crippen LogP contribution is -2.22. The van der Waals surface area contributed by atoms with Crippen molar-refractivity contribution in [1.82, 2.24) is 5.32 Å². The van der Waals surface area contributed by atoms with Crippen LogP contribution in [0.1, 0.15) is 49.1 Å². The second kappa shape index (κ2) is 7.63. The Morgan fingerprint density at radius 2 is 1.67 bits per heavy atom. The first-order chi connectivity index (χ1) is 10.2. The third-order valence-corrected chi connectivity index (χ3v) is 4.29. The van der Waals surface area contributed by atoms with Crippen molar-refractivity contribution in [3.8, 4) is 0 Å². The largest absolute Gasteiger partial charge is 0.306 e. The molecule has 1 atom stereocenters. The zero-order valence-electron chi connectivity index (χ0n) is 13.1. The standard InChI is InChI=1S/C19H24ClN/c1-4-14-11-12-16(13-15(14)5-2)19(21-6-3)17-9-7-8-10-18(17)20/h7-13,19,21H,4-6H2,1-3H3. The molecule has 2 aromatic rings. The molecule has 0 spiro atoms. The number of hydrogen-bond donors (Lipinski definition) is 1. The molecular weight excluding hydrogens is 278 g/mol. The quantitative estimate of drug-likeness (QED) is 0.776. The van der Waals surface area contributed by atoms with Crippen molar-refractivity contribution in [3.05, 3.63) is 69.7 Å². The van der Waals surface area contributed by atoms with Gasteiger partial charge in [-0.2, -0.15) is 0 Å². The fourth-order valence-corrected chi connectivity index (χ4v) is 3.06. The summed E-state index contributed by atoms with van der Waals surface area (Å²) in [4.78, 5) is 0. The summed E-state index contributed by atoms with van der Waals surface area (Å²) in [6.45, 7) is 7.47. The van der Waals surface area contributed by atoms with Gasteiger partial charge in [0.15, 0.2) is 0 Å². The molecule has 2 aromatic carbocycles. The lowest BCUT2D eigenvalue weighted by Gasteiger charge is -2.21. The van der Waals surface area contributed by atoms with Gasteiger partial charge in [0, 0.05) is 5.02 Å². The highest BCUT2D eigenvalue weighted by Crippen LogP contribution is 2.29. The van der Waals surface area contributed by atoms with Gasteiger partial charge in [0.25, 0.3) is 0 Å². The maximum absolute atomic E-state index is 6.40. The van der Waals surface area contributed by atoms with Crippen molar-refractivity contribution >= 4 is 11.6 Å². The molecule has 1 unspecified atom stereocenters. The van der Waals surface area contributed by atoms with Gasteiger partial charge >= 0.3 is 0 Å². The van der Waals surface area contributed by atoms with E-state index in [2.05, 4.69) is 50.4 Å². The Kier molecular flexibility index (Phi) is 5.84. The minimum atomic E-state index is 0.153. The van der Waals surface area contributed by atoms with Crippen LogP contribution in [0.25, 0.3) is 0 Å². The molecule has 0 aromatic heterocycles. The van der Waals surface area contributed by atoms with E-state index in [0.717, 1.165) is 30.0 Å². The monoisotopic (exact) mass is 301 g/mol. The van der Waals surface area contributed by atoms with E-state index in [1.807, 2.05) is 18.2 Å². The third kappa shape index (κ3) is 3.66. The summed E-state index contributed by atoms with van der Waals surface area (Å²) in [5.74, 6) is 0. The highest BCUT2D eigenvalue weighted by Gasteiger charge is 2.16. The van der Waals surface area contributed by atoms with Crippen LogP contribution in [0.4, 0.5) is 0 Å². The van der Waals surface area contributed by atoms with Crippen LogP contribution in [-0.4, -0.2) is 6.54 Å². The Bertz CT molecular complexity index is 592. The van der Waals surface area contributed by atoms with Gasteiger partial charge in [0.2, 0.25) is 0 Å². The van der Waals surface area contributed by atoms with Gasteiger partial charge in [0.1, 0.15) is 0 Å². The molecule has 0 bridgehead atoms. The minimum Gasteiger partial charge on any atom is -0.306 e. The van der Waals surface area contributed by atoms with Crippen LogP contribution in [0, 0.1) is 0 Å². The first-order valence-corrected chi connectivity index (χ1v) is 8.18. The summed E-state index contributed by atoms with van der Waals surface area (Å²) in [6, 6.07) is 15.1. The van der Waals surface area contributed by atoms with Crippen molar-refractivity contribution in [2.75, 3.05) is 6.54 Å². The molecule has 0 aliphatic heterocycles. The first kappa shape index (κ1) is 16.1. The van der Waals surface area contributed by atoms with E-state index in [1.165, 1.54) is 16.7 Å². The molecule has 0 amide bonds. The van der Waals surface area contributed by atoms with Gasteiger partial charge in [-0.3, -0.25) is 0 Å². The van der Waals surface area contributed by atoms with E-state index in [0.29, 0.717) is 0 Å². The van der Waals surface area contributed by atoms with Crippen LogP contribution in [-0.2, 0) is 12.8 Å². The molecule has 0 radical (unpaired) electrons. The van der Waals surface area contributed by atoms with Crippen LogP contribution in [0.3, 0.4) is 0 Å². The van der Waals surface area contributed by atoms with E-state index in [4.69, 9.17) is 11.6 Å². The number of nitrogens with one attached hydrogen (secondary N) is 1. The highest BCUT2D eigenvalue weighted by molar-refractivity contribution is 6.31.